The highest BCUT2D eigenvalue weighted by molar-refractivity contribution is 8.01. The number of carbonyl (C=O) groups is 1. The van der Waals surface area contributed by atoms with Crippen molar-refractivity contribution in [1.29, 1.82) is 0 Å². The Labute approximate surface area is 127 Å². The lowest BCUT2D eigenvalue weighted by Gasteiger charge is -2.10. The number of aromatic nitrogens is 1. The number of nitrogens with one attached hydrogen (secondary N) is 2. The molecule has 0 saturated carbocycles. The van der Waals surface area contributed by atoms with Gasteiger partial charge in [0.25, 0.3) is 0 Å². The lowest BCUT2D eigenvalue weighted by Crippen LogP contribution is -2.34. The van der Waals surface area contributed by atoms with E-state index in [0.717, 1.165) is 20.6 Å². The topological polar surface area (TPSA) is 54.0 Å². The molecule has 0 spiro atoms. The molecule has 2 amide bonds. The Morgan fingerprint density at radius 3 is 2.55 bits per heavy atom. The summed E-state index contributed by atoms with van der Waals surface area (Å²) < 4.78 is 1.03. The zero-order valence-corrected chi connectivity index (χ0v) is 13.3. The summed E-state index contributed by atoms with van der Waals surface area (Å²) in [5.74, 6) is 0. The molecule has 4 nitrogen and oxygen atoms in total. The summed E-state index contributed by atoms with van der Waals surface area (Å²) in [6, 6.07) is 7.68. The minimum Gasteiger partial charge on any atom is -0.336 e. The summed E-state index contributed by atoms with van der Waals surface area (Å²) >= 11 is 3.26. The number of amides is 2. The van der Waals surface area contributed by atoms with Crippen molar-refractivity contribution in [3.8, 4) is 0 Å². The molecule has 20 heavy (non-hydrogen) atoms. The van der Waals surface area contributed by atoms with E-state index < -0.39 is 0 Å². The normalized spacial score (nSPS) is 10.6. The van der Waals surface area contributed by atoms with E-state index in [2.05, 4.69) is 15.6 Å². The predicted octanol–water partition coefficient (Wildman–Crippen LogP) is 4.13. The predicted molar refractivity (Wildman–Crippen MR) is 84.7 cm³/mol. The number of urea groups is 1. The Morgan fingerprint density at radius 2 is 2.00 bits per heavy atom. The number of hydrogen-bond donors (Lipinski definition) is 2. The minimum absolute atomic E-state index is 0.123. The van der Waals surface area contributed by atoms with Crippen molar-refractivity contribution in [3.05, 3.63) is 35.3 Å². The van der Waals surface area contributed by atoms with Crippen molar-refractivity contribution >= 4 is 34.8 Å². The maximum absolute atomic E-state index is 11.6. The first-order valence-corrected chi connectivity index (χ1v) is 8.00. The lowest BCUT2D eigenvalue weighted by molar-refractivity contribution is 0.250. The van der Waals surface area contributed by atoms with Crippen LogP contribution < -0.4 is 10.6 Å². The second kappa shape index (κ2) is 6.76. The summed E-state index contributed by atoms with van der Waals surface area (Å²) in [5.41, 5.74) is 1.82. The standard InChI is InChI=1S/C14H17N3OS2/c1-9(2)15-13(18)17-11-4-6-12(7-5-11)20-14-16-10(3)8-19-14/h4-9H,1-3H3,(H2,15,17,18). The molecule has 0 saturated heterocycles. The summed E-state index contributed by atoms with van der Waals surface area (Å²) in [7, 11) is 0. The van der Waals surface area contributed by atoms with Crippen LogP contribution in [0.5, 0.6) is 0 Å². The molecule has 0 aliphatic rings. The molecule has 6 heteroatoms. The van der Waals surface area contributed by atoms with E-state index in [4.69, 9.17) is 0 Å². The van der Waals surface area contributed by atoms with Crippen LogP contribution in [0.3, 0.4) is 0 Å². The van der Waals surface area contributed by atoms with Gasteiger partial charge in [-0.15, -0.1) is 11.3 Å². The van der Waals surface area contributed by atoms with E-state index in [1.807, 2.05) is 50.4 Å². The maximum Gasteiger partial charge on any atom is 0.319 e. The van der Waals surface area contributed by atoms with E-state index >= 15 is 0 Å². The number of carbonyl (C=O) groups excluding carboxylic acids is 1. The molecule has 2 N–H and O–H groups in total. The zero-order chi connectivity index (χ0) is 14.5. The monoisotopic (exact) mass is 307 g/mol. The number of thiazole rings is 1. The smallest absolute Gasteiger partial charge is 0.319 e. The van der Waals surface area contributed by atoms with Gasteiger partial charge in [-0.05, 0) is 45.0 Å². The van der Waals surface area contributed by atoms with Gasteiger partial charge in [-0.3, -0.25) is 0 Å². The van der Waals surface area contributed by atoms with Crippen LogP contribution in [0.2, 0.25) is 0 Å². The van der Waals surface area contributed by atoms with Crippen molar-refractivity contribution in [3.63, 3.8) is 0 Å². The van der Waals surface area contributed by atoms with E-state index in [1.54, 1.807) is 23.1 Å². The van der Waals surface area contributed by atoms with Gasteiger partial charge in [-0.1, -0.05) is 11.8 Å². The highest BCUT2D eigenvalue weighted by Gasteiger charge is 2.05. The van der Waals surface area contributed by atoms with Crippen LogP contribution in [0.1, 0.15) is 19.5 Å². The van der Waals surface area contributed by atoms with E-state index in [-0.39, 0.29) is 12.1 Å². The van der Waals surface area contributed by atoms with Crippen molar-refractivity contribution in [1.82, 2.24) is 10.3 Å². The number of aryl methyl sites for hydroxylation is 1. The Bertz CT molecular complexity index is 578. The molecule has 2 rings (SSSR count). The highest BCUT2D eigenvalue weighted by atomic mass is 32.2. The third-order valence-corrected chi connectivity index (χ3v) is 4.40. The largest absolute Gasteiger partial charge is 0.336 e. The number of benzene rings is 1. The molecule has 1 aromatic carbocycles. The van der Waals surface area contributed by atoms with Crippen LogP contribution in [-0.2, 0) is 0 Å². The fourth-order valence-corrected chi connectivity index (χ4v) is 3.33. The van der Waals surface area contributed by atoms with Crippen molar-refractivity contribution in [2.45, 2.75) is 36.0 Å². The molecule has 1 aromatic heterocycles. The average molecular weight is 307 g/mol. The number of rotatable bonds is 4. The van der Waals surface area contributed by atoms with Crippen molar-refractivity contribution < 1.29 is 4.79 Å². The maximum atomic E-state index is 11.6. The van der Waals surface area contributed by atoms with Crippen LogP contribution in [-0.4, -0.2) is 17.1 Å². The molecule has 0 bridgehead atoms. The van der Waals surface area contributed by atoms with Crippen molar-refractivity contribution in [2.24, 2.45) is 0 Å². The first kappa shape index (κ1) is 14.9. The van der Waals surface area contributed by atoms with Crippen LogP contribution in [0.4, 0.5) is 10.5 Å². The molecule has 2 aromatic rings. The summed E-state index contributed by atoms with van der Waals surface area (Å²) in [4.78, 5) is 17.1. The van der Waals surface area contributed by atoms with Crippen LogP contribution in [0.15, 0.2) is 38.9 Å². The first-order chi connectivity index (χ1) is 9.52. The molecule has 106 valence electrons. The molecule has 0 aliphatic carbocycles. The van der Waals surface area contributed by atoms with E-state index in [0.29, 0.717) is 0 Å². The fourth-order valence-electron chi connectivity index (χ4n) is 1.52. The Hall–Kier alpha value is -1.53. The van der Waals surface area contributed by atoms with Gasteiger partial charge in [0.05, 0.1) is 0 Å². The summed E-state index contributed by atoms with van der Waals surface area (Å²) in [5, 5.41) is 7.62. The van der Waals surface area contributed by atoms with Gasteiger partial charge in [0.15, 0.2) is 4.34 Å². The molecule has 0 unspecified atom stereocenters. The van der Waals surface area contributed by atoms with E-state index in [9.17, 15) is 4.79 Å². The lowest BCUT2D eigenvalue weighted by atomic mass is 10.3. The first-order valence-electron chi connectivity index (χ1n) is 6.30. The Morgan fingerprint density at radius 1 is 1.30 bits per heavy atom. The molecule has 1 heterocycles. The Kier molecular flexibility index (Phi) is 5.03. The molecule has 0 fully saturated rings. The van der Waals surface area contributed by atoms with Crippen LogP contribution >= 0.6 is 23.1 Å². The third kappa shape index (κ3) is 4.54. The summed E-state index contributed by atoms with van der Waals surface area (Å²) in [6.45, 7) is 5.84. The third-order valence-electron chi connectivity index (χ3n) is 2.34. The van der Waals surface area contributed by atoms with Gasteiger partial charge in [0.1, 0.15) is 0 Å². The number of hydrogen-bond acceptors (Lipinski definition) is 4. The van der Waals surface area contributed by atoms with Crippen molar-refractivity contribution in [2.75, 3.05) is 5.32 Å². The number of anilines is 1. The molecule has 0 aliphatic heterocycles. The fraction of sp³-hybridized carbons (Fsp3) is 0.286. The second-order valence-corrected chi connectivity index (χ2v) is 6.81. The Balaban J connectivity index is 1.94. The van der Waals surface area contributed by atoms with Gasteiger partial charge in [-0.25, -0.2) is 9.78 Å². The quantitative estimate of drug-likeness (QED) is 0.893. The highest BCUT2D eigenvalue weighted by Crippen LogP contribution is 2.30. The molecular formula is C14H17N3OS2. The number of nitrogens with zero attached hydrogens (tertiary/aromatic N) is 1. The minimum atomic E-state index is -0.184. The molecular weight excluding hydrogens is 290 g/mol. The van der Waals surface area contributed by atoms with Gasteiger partial charge in [-0.2, -0.15) is 0 Å². The zero-order valence-electron chi connectivity index (χ0n) is 11.6. The SMILES string of the molecule is Cc1csc(Sc2ccc(NC(=O)NC(C)C)cc2)n1. The van der Waals surface area contributed by atoms with Gasteiger partial charge in [0.2, 0.25) is 0 Å². The van der Waals surface area contributed by atoms with Gasteiger partial charge >= 0.3 is 6.03 Å². The van der Waals surface area contributed by atoms with Gasteiger partial charge < -0.3 is 10.6 Å². The average Bonchev–Trinajstić information content (AvgIpc) is 2.76. The molecule has 0 radical (unpaired) electrons. The van der Waals surface area contributed by atoms with Crippen LogP contribution in [0.25, 0.3) is 0 Å². The van der Waals surface area contributed by atoms with E-state index in [1.165, 1.54) is 0 Å². The second-order valence-electron chi connectivity index (χ2n) is 4.63. The van der Waals surface area contributed by atoms with Crippen LogP contribution in [0, 0.1) is 6.92 Å². The van der Waals surface area contributed by atoms with Gasteiger partial charge in [0, 0.05) is 27.7 Å². The molecule has 0 atom stereocenters. The summed E-state index contributed by atoms with van der Waals surface area (Å²) in [6.07, 6.45) is 0.